The Hall–Kier alpha value is -3.84. The van der Waals surface area contributed by atoms with E-state index in [1.54, 1.807) is 13.2 Å². The molecule has 1 aromatic rings. The number of hydrogen-bond acceptors (Lipinski definition) is 6. The maximum Gasteiger partial charge on any atom is 0.227 e. The lowest BCUT2D eigenvalue weighted by molar-refractivity contribution is 0.0398. The molecule has 1 fully saturated rings. The van der Waals surface area contributed by atoms with Gasteiger partial charge in [0.15, 0.2) is 5.84 Å². The van der Waals surface area contributed by atoms with Crippen molar-refractivity contribution in [3.63, 3.8) is 0 Å². The minimum Gasteiger partial charge on any atom is -0.495 e. The molecule has 5 aliphatic rings. The van der Waals surface area contributed by atoms with Gasteiger partial charge in [-0.1, -0.05) is 94.4 Å². The number of benzene rings is 1. The predicted octanol–water partition coefficient (Wildman–Crippen LogP) is 8.62. The third-order valence-corrected chi connectivity index (χ3v) is 7.50. The standard InChI is InChI=1S/C30H30FN3O2.C3H8O.2C2H6/c1-35-28-18-21(7-4-13-27(28)33-19-24-8-2-3-9-25(24)20-33)17-23-11-6-16-34-29(23)32-36-30(34)22-10-5-12-26(31)15-14-22;1-2-3-4;2*1-2/h2-5,7-10,14-15,17-18,30H,6,11-13,16,19-20H2,1H3;4H,2-3H2,1H3;2*1-2H3/b23-17+;;;. The molecule has 1 unspecified atom stereocenters. The molecule has 1 aromatic carbocycles. The molecule has 0 bridgehead atoms. The number of amidine groups is 1. The number of ether oxygens (including phenoxy) is 1. The van der Waals surface area contributed by atoms with Crippen molar-refractivity contribution in [3.05, 3.63) is 118 Å². The number of methoxy groups -OCH3 is 1. The van der Waals surface area contributed by atoms with Crippen molar-refractivity contribution in [1.29, 1.82) is 0 Å². The number of oxime groups is 1. The van der Waals surface area contributed by atoms with E-state index in [2.05, 4.69) is 63.5 Å². The minimum absolute atomic E-state index is 0.147. The van der Waals surface area contributed by atoms with Crippen LogP contribution in [0.5, 0.6) is 0 Å². The number of aliphatic hydroxyl groups is 1. The van der Waals surface area contributed by atoms with Gasteiger partial charge >= 0.3 is 0 Å². The van der Waals surface area contributed by atoms with Crippen LogP contribution in [0.25, 0.3) is 0 Å². The number of allylic oxidation sites excluding steroid dienone is 9. The van der Waals surface area contributed by atoms with Crippen LogP contribution in [-0.4, -0.2) is 47.2 Å². The molecule has 0 saturated carbocycles. The second kappa shape index (κ2) is 18.1. The van der Waals surface area contributed by atoms with Gasteiger partial charge in [-0.15, -0.1) is 0 Å². The molecule has 7 heteroatoms. The zero-order chi connectivity index (χ0) is 31.9. The first-order valence-corrected chi connectivity index (χ1v) is 16.1. The van der Waals surface area contributed by atoms with E-state index in [4.69, 9.17) is 14.7 Å². The van der Waals surface area contributed by atoms with Gasteiger partial charge in [0.2, 0.25) is 6.23 Å². The molecule has 0 amide bonds. The van der Waals surface area contributed by atoms with Crippen molar-refractivity contribution in [1.82, 2.24) is 9.80 Å². The molecule has 3 aliphatic heterocycles. The number of nitrogens with zero attached hydrogens (tertiary/aromatic N) is 3. The molecule has 6 nitrogen and oxygen atoms in total. The fourth-order valence-electron chi connectivity index (χ4n) is 5.46. The van der Waals surface area contributed by atoms with Gasteiger partial charge in [0.1, 0.15) is 11.6 Å². The van der Waals surface area contributed by atoms with Crippen molar-refractivity contribution >= 4 is 5.84 Å². The Morgan fingerprint density at radius 1 is 1.05 bits per heavy atom. The second-order valence-corrected chi connectivity index (χ2v) is 10.3. The highest BCUT2D eigenvalue weighted by molar-refractivity contribution is 6.00. The minimum atomic E-state index is -0.321. The van der Waals surface area contributed by atoms with Gasteiger partial charge in [-0.3, -0.25) is 0 Å². The molecule has 0 aromatic heterocycles. The van der Waals surface area contributed by atoms with Crippen molar-refractivity contribution in [3.8, 4) is 0 Å². The van der Waals surface area contributed by atoms with Crippen LogP contribution < -0.4 is 0 Å². The van der Waals surface area contributed by atoms with Crippen LogP contribution >= 0.6 is 0 Å². The number of halogens is 1. The summed E-state index contributed by atoms with van der Waals surface area (Å²) in [6.07, 6.45) is 19.4. The van der Waals surface area contributed by atoms with Gasteiger partial charge < -0.3 is 24.5 Å². The third-order valence-electron chi connectivity index (χ3n) is 7.50. The molecule has 0 radical (unpaired) electrons. The highest BCUT2D eigenvalue weighted by atomic mass is 19.1. The smallest absolute Gasteiger partial charge is 0.227 e. The first-order chi connectivity index (χ1) is 21.6. The van der Waals surface area contributed by atoms with Crippen molar-refractivity contribution in [2.45, 2.75) is 86.0 Å². The summed E-state index contributed by atoms with van der Waals surface area (Å²) >= 11 is 0. The Morgan fingerprint density at radius 3 is 2.39 bits per heavy atom. The number of fused-ring (bicyclic) bond motifs is 2. The topological polar surface area (TPSA) is 57.5 Å². The molecule has 238 valence electrons. The molecule has 44 heavy (non-hydrogen) atoms. The Bertz CT molecular complexity index is 1320. The summed E-state index contributed by atoms with van der Waals surface area (Å²) in [5.41, 5.74) is 7.11. The Balaban J connectivity index is 0.000000603. The lowest BCUT2D eigenvalue weighted by atomic mass is 9.99. The number of hydrogen-bond donors (Lipinski definition) is 1. The molecule has 6 rings (SSSR count). The number of piperidine rings is 1. The maximum absolute atomic E-state index is 13.7. The van der Waals surface area contributed by atoms with Crippen LogP contribution in [0.4, 0.5) is 4.39 Å². The van der Waals surface area contributed by atoms with Crippen LogP contribution in [0, 0.1) is 0 Å². The second-order valence-electron chi connectivity index (χ2n) is 10.3. The maximum atomic E-state index is 13.7. The monoisotopic (exact) mass is 603 g/mol. The first-order valence-electron chi connectivity index (χ1n) is 16.1. The molecule has 0 spiro atoms. The molecule has 1 N–H and O–H groups in total. The molecule has 2 aliphatic carbocycles. The molecule has 1 saturated heterocycles. The summed E-state index contributed by atoms with van der Waals surface area (Å²) in [5.74, 6) is 1.62. The van der Waals surface area contributed by atoms with Crippen LogP contribution in [0.1, 0.15) is 77.8 Å². The quantitative estimate of drug-likeness (QED) is 0.365. The van der Waals surface area contributed by atoms with Crippen LogP contribution in [0.15, 0.2) is 112 Å². The van der Waals surface area contributed by atoms with E-state index in [-0.39, 0.29) is 12.1 Å². The Kier molecular flexibility index (Phi) is 14.2. The van der Waals surface area contributed by atoms with E-state index in [0.717, 1.165) is 73.6 Å². The van der Waals surface area contributed by atoms with Crippen LogP contribution in [0.3, 0.4) is 0 Å². The highest BCUT2D eigenvalue weighted by Gasteiger charge is 2.36. The predicted molar refractivity (Wildman–Crippen MR) is 179 cm³/mol. The summed E-state index contributed by atoms with van der Waals surface area (Å²) in [5, 5.41) is 12.3. The Morgan fingerprint density at radius 2 is 1.73 bits per heavy atom. The zero-order valence-electron chi connectivity index (χ0n) is 27.4. The summed E-state index contributed by atoms with van der Waals surface area (Å²) in [6.45, 7) is 12.9. The van der Waals surface area contributed by atoms with Gasteiger partial charge in [0.25, 0.3) is 0 Å². The molecular formula is C37H50FN3O3. The summed E-state index contributed by atoms with van der Waals surface area (Å²) in [4.78, 5) is 10.4. The lowest BCUT2D eigenvalue weighted by Gasteiger charge is -2.30. The van der Waals surface area contributed by atoms with E-state index in [1.165, 1.54) is 22.9 Å². The van der Waals surface area contributed by atoms with Gasteiger partial charge in [0.05, 0.1) is 12.8 Å². The summed E-state index contributed by atoms with van der Waals surface area (Å²) in [7, 11) is 1.75. The highest BCUT2D eigenvalue weighted by Crippen LogP contribution is 2.34. The largest absolute Gasteiger partial charge is 0.495 e. The van der Waals surface area contributed by atoms with E-state index in [0.29, 0.717) is 13.0 Å². The zero-order valence-corrected chi connectivity index (χ0v) is 27.4. The normalized spacial score (nSPS) is 20.9. The molecular weight excluding hydrogens is 553 g/mol. The van der Waals surface area contributed by atoms with E-state index in [9.17, 15) is 4.39 Å². The van der Waals surface area contributed by atoms with E-state index >= 15 is 0 Å². The van der Waals surface area contributed by atoms with E-state index in [1.807, 2.05) is 46.8 Å². The Labute approximate surface area is 263 Å². The fourth-order valence-corrected chi connectivity index (χ4v) is 5.46. The van der Waals surface area contributed by atoms with Gasteiger partial charge in [-0.2, -0.15) is 0 Å². The molecule has 3 heterocycles. The number of rotatable bonds is 5. The van der Waals surface area contributed by atoms with Crippen molar-refractivity contribution < 1.29 is 19.1 Å². The van der Waals surface area contributed by atoms with Crippen LogP contribution in [0.2, 0.25) is 0 Å². The van der Waals surface area contributed by atoms with Crippen LogP contribution in [-0.2, 0) is 22.7 Å². The first kappa shape index (κ1) is 34.6. The van der Waals surface area contributed by atoms with Gasteiger partial charge in [0, 0.05) is 44.7 Å². The average molecular weight is 604 g/mol. The fraction of sp³-hybridized carbons (Fsp3) is 0.432. The van der Waals surface area contributed by atoms with Gasteiger partial charge in [-0.25, -0.2) is 4.39 Å². The average Bonchev–Trinajstić information content (AvgIpc) is 3.57. The van der Waals surface area contributed by atoms with Crippen molar-refractivity contribution in [2.75, 3.05) is 20.3 Å². The third kappa shape index (κ3) is 8.63. The van der Waals surface area contributed by atoms with E-state index < -0.39 is 0 Å². The summed E-state index contributed by atoms with van der Waals surface area (Å²) < 4.78 is 19.6. The SMILES string of the molecule is CC.CC.CCCO.COC1=C(N2Cc3ccccc3C2)CC=CC(/C=C2\CCCN3C2=NOC3C2=CC=C(F)CC=C2)=C1. The summed E-state index contributed by atoms with van der Waals surface area (Å²) in [6, 6.07) is 8.63. The number of aliphatic hydroxyl groups excluding tert-OH is 1. The lowest BCUT2D eigenvalue weighted by Crippen LogP contribution is -2.41. The van der Waals surface area contributed by atoms with Crippen molar-refractivity contribution in [2.24, 2.45) is 5.16 Å². The van der Waals surface area contributed by atoms with Gasteiger partial charge in [-0.05, 0) is 59.8 Å². The molecule has 1 atom stereocenters.